The number of hydrogen-bond acceptors (Lipinski definition) is 4. The number of likely N-dealkylation sites (tertiary alicyclic amines) is 1. The summed E-state index contributed by atoms with van der Waals surface area (Å²) in [6, 6.07) is 4.36. The second-order valence-corrected chi connectivity index (χ2v) is 7.15. The molecule has 6 nitrogen and oxygen atoms in total. The molecular weight excluding hydrogens is 316 g/mol. The van der Waals surface area contributed by atoms with Crippen molar-refractivity contribution < 1.29 is 9.21 Å². The van der Waals surface area contributed by atoms with Gasteiger partial charge in [-0.25, -0.2) is 0 Å². The molecule has 0 radical (unpaired) electrons. The van der Waals surface area contributed by atoms with Crippen LogP contribution in [-0.4, -0.2) is 39.7 Å². The summed E-state index contributed by atoms with van der Waals surface area (Å²) in [6.07, 6.45) is 4.11. The van der Waals surface area contributed by atoms with Gasteiger partial charge in [-0.15, -0.1) is 0 Å². The quantitative estimate of drug-likeness (QED) is 0.875. The van der Waals surface area contributed by atoms with Gasteiger partial charge in [-0.2, -0.15) is 5.10 Å². The summed E-state index contributed by atoms with van der Waals surface area (Å²) in [4.78, 5) is 14.2. The summed E-state index contributed by atoms with van der Waals surface area (Å²) in [5, 5.41) is 8.21. The van der Waals surface area contributed by atoms with E-state index < -0.39 is 0 Å². The number of hydrogen-bond donors (Lipinski definition) is 1. The zero-order valence-electron chi connectivity index (χ0n) is 15.7. The van der Waals surface area contributed by atoms with E-state index in [2.05, 4.69) is 24.3 Å². The van der Waals surface area contributed by atoms with Crippen LogP contribution in [-0.2, 0) is 18.3 Å². The van der Waals surface area contributed by atoms with Crippen LogP contribution in [0.15, 0.2) is 22.8 Å². The molecule has 0 saturated carbocycles. The number of carbonyl (C=O) groups is 1. The lowest BCUT2D eigenvalue weighted by atomic mass is 9.97. The molecule has 1 aliphatic heterocycles. The zero-order chi connectivity index (χ0) is 18.1. The number of amides is 1. The van der Waals surface area contributed by atoms with Crippen LogP contribution in [0.2, 0.25) is 0 Å². The lowest BCUT2D eigenvalue weighted by Gasteiger charge is -2.28. The number of likely N-dealkylation sites (N-methyl/N-ethyl adjacent to an activating group) is 1. The molecule has 0 bridgehead atoms. The highest BCUT2D eigenvalue weighted by molar-refractivity contribution is 5.80. The Hall–Kier alpha value is -2.08. The molecule has 25 heavy (non-hydrogen) atoms. The molecular formula is C19H28N4O2. The van der Waals surface area contributed by atoms with E-state index in [1.165, 1.54) is 5.56 Å². The Morgan fingerprint density at radius 3 is 2.76 bits per heavy atom. The number of aryl methyl sites for hydroxylation is 3. The summed E-state index contributed by atoms with van der Waals surface area (Å²) in [5.41, 5.74) is 3.30. The Labute approximate surface area is 149 Å². The second kappa shape index (κ2) is 7.04. The SMILES string of the molecule is Cc1nn(C)c(C)c1[C@H]1[C@H](N[C@@H](C)CCc2ccco2)CC(=O)N1C. The first-order valence-electron chi connectivity index (χ1n) is 8.92. The molecule has 1 aliphatic rings. The van der Waals surface area contributed by atoms with Gasteiger partial charge in [0.05, 0.1) is 18.0 Å². The lowest BCUT2D eigenvalue weighted by Crippen LogP contribution is -2.40. The van der Waals surface area contributed by atoms with E-state index in [0.29, 0.717) is 12.5 Å². The van der Waals surface area contributed by atoms with Crippen molar-refractivity contribution in [3.05, 3.63) is 41.1 Å². The Morgan fingerprint density at radius 2 is 2.16 bits per heavy atom. The Balaban J connectivity index is 1.73. The van der Waals surface area contributed by atoms with Crippen molar-refractivity contribution in [3.63, 3.8) is 0 Å². The van der Waals surface area contributed by atoms with Crippen molar-refractivity contribution in [2.45, 2.75) is 58.2 Å². The fourth-order valence-electron chi connectivity index (χ4n) is 3.89. The van der Waals surface area contributed by atoms with Gasteiger partial charge in [-0.05, 0) is 39.3 Å². The van der Waals surface area contributed by atoms with Gasteiger partial charge in [0.15, 0.2) is 0 Å². The number of nitrogens with one attached hydrogen (secondary N) is 1. The van der Waals surface area contributed by atoms with Crippen molar-refractivity contribution in [1.82, 2.24) is 20.0 Å². The van der Waals surface area contributed by atoms with Gasteiger partial charge in [-0.3, -0.25) is 9.48 Å². The average Bonchev–Trinajstić information content (AvgIpc) is 3.22. The van der Waals surface area contributed by atoms with E-state index >= 15 is 0 Å². The molecule has 3 rings (SSSR count). The average molecular weight is 344 g/mol. The number of rotatable bonds is 6. The Kier molecular flexibility index (Phi) is 4.99. The van der Waals surface area contributed by atoms with Crippen molar-refractivity contribution in [2.75, 3.05) is 7.05 Å². The van der Waals surface area contributed by atoms with E-state index in [4.69, 9.17) is 4.42 Å². The molecule has 136 valence electrons. The molecule has 0 unspecified atom stereocenters. The molecule has 1 amide bonds. The van der Waals surface area contributed by atoms with Gasteiger partial charge >= 0.3 is 0 Å². The third-order valence-corrected chi connectivity index (χ3v) is 5.35. The summed E-state index contributed by atoms with van der Waals surface area (Å²) in [6.45, 7) is 6.27. The van der Waals surface area contributed by atoms with Gasteiger partial charge in [0.25, 0.3) is 0 Å². The van der Waals surface area contributed by atoms with Gasteiger partial charge in [0.1, 0.15) is 5.76 Å². The Bertz CT molecular complexity index is 735. The molecule has 1 N–H and O–H groups in total. The van der Waals surface area contributed by atoms with Crippen LogP contribution < -0.4 is 5.32 Å². The molecule has 1 saturated heterocycles. The standard InChI is InChI=1S/C19H28N4O2/c1-12(8-9-15-7-6-10-25-15)20-16-11-17(24)22(4)19(16)18-13(2)21-23(5)14(18)3/h6-7,10,12,16,19-20H,8-9,11H2,1-5H3/t12-,16+,19+/m0/s1. The highest BCUT2D eigenvalue weighted by Gasteiger charge is 2.41. The summed E-state index contributed by atoms with van der Waals surface area (Å²) in [5.74, 6) is 1.19. The lowest BCUT2D eigenvalue weighted by molar-refractivity contribution is -0.127. The monoisotopic (exact) mass is 344 g/mol. The fourth-order valence-corrected chi connectivity index (χ4v) is 3.89. The summed E-state index contributed by atoms with van der Waals surface area (Å²) in [7, 11) is 3.85. The molecule has 2 aromatic rings. The largest absolute Gasteiger partial charge is 0.469 e. The van der Waals surface area contributed by atoms with Crippen LogP contribution in [0.25, 0.3) is 0 Å². The number of carbonyl (C=O) groups excluding carboxylic acids is 1. The van der Waals surface area contributed by atoms with Crippen LogP contribution in [0.1, 0.15) is 48.5 Å². The summed E-state index contributed by atoms with van der Waals surface area (Å²) < 4.78 is 7.31. The van der Waals surface area contributed by atoms with Crippen molar-refractivity contribution in [2.24, 2.45) is 7.05 Å². The van der Waals surface area contributed by atoms with E-state index in [9.17, 15) is 4.79 Å². The minimum atomic E-state index is 0.0345. The maximum absolute atomic E-state index is 12.4. The van der Waals surface area contributed by atoms with Crippen molar-refractivity contribution >= 4 is 5.91 Å². The van der Waals surface area contributed by atoms with Gasteiger partial charge in [0.2, 0.25) is 5.91 Å². The third kappa shape index (κ3) is 3.49. The third-order valence-electron chi connectivity index (χ3n) is 5.35. The van der Waals surface area contributed by atoms with Crippen LogP contribution in [0.4, 0.5) is 0 Å². The molecule has 0 spiro atoms. The van der Waals surface area contributed by atoms with Gasteiger partial charge in [0, 0.05) is 50.3 Å². The Morgan fingerprint density at radius 1 is 1.40 bits per heavy atom. The van der Waals surface area contributed by atoms with E-state index in [0.717, 1.165) is 30.0 Å². The smallest absolute Gasteiger partial charge is 0.224 e. The highest BCUT2D eigenvalue weighted by atomic mass is 16.3. The van der Waals surface area contributed by atoms with E-state index in [1.807, 2.05) is 42.7 Å². The first-order chi connectivity index (χ1) is 11.9. The molecule has 0 aromatic carbocycles. The minimum absolute atomic E-state index is 0.0345. The van der Waals surface area contributed by atoms with Crippen LogP contribution in [0, 0.1) is 13.8 Å². The predicted octanol–water partition coefficient (Wildman–Crippen LogP) is 2.51. The maximum atomic E-state index is 12.4. The molecule has 1 fully saturated rings. The fraction of sp³-hybridized carbons (Fsp3) is 0.579. The predicted molar refractivity (Wildman–Crippen MR) is 96.2 cm³/mol. The van der Waals surface area contributed by atoms with E-state index in [1.54, 1.807) is 6.26 Å². The maximum Gasteiger partial charge on any atom is 0.224 e. The number of aromatic nitrogens is 2. The zero-order valence-corrected chi connectivity index (χ0v) is 15.7. The molecule has 3 atom stereocenters. The normalized spacial score (nSPS) is 22.0. The second-order valence-electron chi connectivity index (χ2n) is 7.15. The van der Waals surface area contributed by atoms with Crippen LogP contribution in [0.3, 0.4) is 0 Å². The topological polar surface area (TPSA) is 63.3 Å². The summed E-state index contributed by atoms with van der Waals surface area (Å²) >= 11 is 0. The van der Waals surface area contributed by atoms with E-state index in [-0.39, 0.29) is 18.0 Å². The van der Waals surface area contributed by atoms with Crippen LogP contribution >= 0.6 is 0 Å². The van der Waals surface area contributed by atoms with Gasteiger partial charge in [-0.1, -0.05) is 0 Å². The number of nitrogens with zero attached hydrogens (tertiary/aromatic N) is 3. The van der Waals surface area contributed by atoms with Crippen LogP contribution in [0.5, 0.6) is 0 Å². The minimum Gasteiger partial charge on any atom is -0.469 e. The first-order valence-corrected chi connectivity index (χ1v) is 8.92. The number of furan rings is 1. The molecule has 0 aliphatic carbocycles. The molecule has 2 aromatic heterocycles. The molecule has 3 heterocycles. The van der Waals surface area contributed by atoms with Crippen molar-refractivity contribution in [1.29, 1.82) is 0 Å². The van der Waals surface area contributed by atoms with Gasteiger partial charge < -0.3 is 14.6 Å². The first kappa shape index (κ1) is 17.7. The van der Waals surface area contributed by atoms with Crippen molar-refractivity contribution in [3.8, 4) is 0 Å². The highest BCUT2D eigenvalue weighted by Crippen LogP contribution is 2.35. The molecule has 6 heteroatoms.